The summed E-state index contributed by atoms with van der Waals surface area (Å²) in [4.78, 5) is 13.3. The molecule has 1 aromatic heterocycles. The Hall–Kier alpha value is -1.27. The maximum Gasteiger partial charge on any atom is 0.252 e. The second-order valence-electron chi connectivity index (χ2n) is 2.01. The zero-order chi connectivity index (χ0) is 8.27. The number of nitrogens with zero attached hydrogens (tertiary/aromatic N) is 1. The molecule has 4 heteroatoms. The van der Waals surface area contributed by atoms with E-state index in [-0.39, 0.29) is 12.0 Å². The molecule has 0 spiro atoms. The van der Waals surface area contributed by atoms with E-state index in [1.54, 1.807) is 0 Å². The molecule has 0 amide bonds. The number of hydrogen-bond donors (Lipinski definition) is 1. The normalized spacial score (nSPS) is 9.09. The molecular formula is C7H5ClN2O. The minimum atomic E-state index is -0.254. The predicted molar refractivity (Wildman–Crippen MR) is 41.4 cm³/mol. The van der Waals surface area contributed by atoms with Crippen molar-refractivity contribution in [2.24, 2.45) is 0 Å². The van der Waals surface area contributed by atoms with Crippen molar-refractivity contribution in [3.8, 4) is 6.07 Å². The fraction of sp³-hybridized carbons (Fsp3) is 0.143. The van der Waals surface area contributed by atoms with Crippen LogP contribution in [0.1, 0.15) is 5.56 Å². The van der Waals surface area contributed by atoms with Gasteiger partial charge in [-0.3, -0.25) is 4.79 Å². The van der Waals surface area contributed by atoms with Crippen LogP contribution in [-0.4, -0.2) is 4.98 Å². The van der Waals surface area contributed by atoms with Gasteiger partial charge in [0.05, 0.1) is 17.5 Å². The molecule has 1 rings (SSSR count). The van der Waals surface area contributed by atoms with Gasteiger partial charge in [-0.1, -0.05) is 11.6 Å². The van der Waals surface area contributed by atoms with Crippen LogP contribution in [0, 0.1) is 11.3 Å². The van der Waals surface area contributed by atoms with Crippen LogP contribution in [0.15, 0.2) is 17.1 Å². The summed E-state index contributed by atoms with van der Waals surface area (Å²) >= 11 is 5.57. The van der Waals surface area contributed by atoms with Gasteiger partial charge in [-0.05, 0) is 6.07 Å². The molecule has 11 heavy (non-hydrogen) atoms. The highest BCUT2D eigenvalue weighted by atomic mass is 35.5. The smallest absolute Gasteiger partial charge is 0.252 e. The van der Waals surface area contributed by atoms with Gasteiger partial charge in [0.25, 0.3) is 5.56 Å². The fourth-order valence-electron chi connectivity index (χ4n) is 0.717. The largest absolute Gasteiger partial charge is 0.327 e. The Labute approximate surface area is 68.2 Å². The molecule has 0 aliphatic carbocycles. The van der Waals surface area contributed by atoms with Gasteiger partial charge >= 0.3 is 0 Å². The third-order valence-electron chi connectivity index (χ3n) is 1.21. The number of halogens is 1. The number of aromatic amines is 1. The van der Waals surface area contributed by atoms with Crippen LogP contribution >= 0.6 is 11.6 Å². The Balaban J connectivity index is 3.15. The zero-order valence-corrected chi connectivity index (χ0v) is 6.35. The Morgan fingerprint density at radius 1 is 1.73 bits per heavy atom. The quantitative estimate of drug-likeness (QED) is 0.683. The number of hydrogen-bond acceptors (Lipinski definition) is 2. The number of aromatic nitrogens is 1. The van der Waals surface area contributed by atoms with Gasteiger partial charge in [-0.2, -0.15) is 5.26 Å². The SMILES string of the molecule is N#CCc1cc(Cl)c[nH]c1=O. The highest BCUT2D eigenvalue weighted by molar-refractivity contribution is 6.30. The minimum Gasteiger partial charge on any atom is -0.327 e. The first kappa shape index (κ1) is 7.83. The molecule has 3 nitrogen and oxygen atoms in total. The molecule has 0 unspecified atom stereocenters. The molecule has 0 atom stereocenters. The lowest BCUT2D eigenvalue weighted by Crippen LogP contribution is -2.10. The third kappa shape index (κ3) is 1.82. The molecule has 0 saturated heterocycles. The van der Waals surface area contributed by atoms with Gasteiger partial charge in [0.15, 0.2) is 0 Å². The summed E-state index contributed by atoms with van der Waals surface area (Å²) in [5.41, 5.74) is 0.149. The van der Waals surface area contributed by atoms with Crippen molar-refractivity contribution in [3.63, 3.8) is 0 Å². The van der Waals surface area contributed by atoms with Crippen molar-refractivity contribution in [1.82, 2.24) is 4.98 Å². The first-order valence-electron chi connectivity index (χ1n) is 2.98. The first-order valence-corrected chi connectivity index (χ1v) is 3.36. The summed E-state index contributed by atoms with van der Waals surface area (Å²) in [5.74, 6) is 0. The molecule has 0 aliphatic rings. The highest BCUT2D eigenvalue weighted by Crippen LogP contribution is 2.04. The van der Waals surface area contributed by atoms with Crippen molar-refractivity contribution in [2.75, 3.05) is 0 Å². The fourth-order valence-corrected chi connectivity index (χ4v) is 0.904. The molecule has 1 aromatic rings. The highest BCUT2D eigenvalue weighted by Gasteiger charge is 1.98. The lowest BCUT2D eigenvalue weighted by Gasteiger charge is -1.92. The standard InChI is InChI=1S/C7H5ClN2O/c8-6-3-5(1-2-9)7(11)10-4-6/h3-4H,1H2,(H,10,11). The predicted octanol–water partition coefficient (Wildman–Crippen LogP) is 1.09. The van der Waals surface area contributed by atoms with E-state index >= 15 is 0 Å². The number of rotatable bonds is 1. The summed E-state index contributed by atoms with van der Waals surface area (Å²) < 4.78 is 0. The second-order valence-corrected chi connectivity index (χ2v) is 2.44. The molecule has 0 aliphatic heterocycles. The van der Waals surface area contributed by atoms with Gasteiger partial charge in [-0.25, -0.2) is 0 Å². The van der Waals surface area contributed by atoms with Crippen LogP contribution in [0.3, 0.4) is 0 Å². The van der Waals surface area contributed by atoms with E-state index in [2.05, 4.69) is 4.98 Å². The summed E-state index contributed by atoms with van der Waals surface area (Å²) in [6, 6.07) is 3.36. The number of H-pyrrole nitrogens is 1. The first-order chi connectivity index (χ1) is 5.24. The number of pyridine rings is 1. The maximum absolute atomic E-state index is 10.9. The van der Waals surface area contributed by atoms with E-state index in [9.17, 15) is 4.79 Å². The van der Waals surface area contributed by atoms with Crippen LogP contribution in [0.2, 0.25) is 5.02 Å². The average Bonchev–Trinajstić information content (AvgIpc) is 1.98. The van der Waals surface area contributed by atoms with Crippen LogP contribution in [0.25, 0.3) is 0 Å². The topological polar surface area (TPSA) is 56.6 Å². The number of nitriles is 1. The van der Waals surface area contributed by atoms with E-state index in [0.717, 1.165) is 0 Å². The zero-order valence-electron chi connectivity index (χ0n) is 5.60. The molecular weight excluding hydrogens is 164 g/mol. The van der Waals surface area contributed by atoms with Gasteiger partial charge < -0.3 is 4.98 Å². The Kier molecular flexibility index (Phi) is 2.29. The third-order valence-corrected chi connectivity index (χ3v) is 1.43. The Morgan fingerprint density at radius 2 is 2.45 bits per heavy atom. The van der Waals surface area contributed by atoms with Crippen LogP contribution in [-0.2, 0) is 6.42 Å². The van der Waals surface area contributed by atoms with Crippen molar-refractivity contribution in [3.05, 3.63) is 33.2 Å². The molecule has 1 N–H and O–H groups in total. The number of nitrogens with one attached hydrogen (secondary N) is 1. The molecule has 0 saturated carbocycles. The lowest BCUT2D eigenvalue weighted by molar-refractivity contribution is 1.13. The Bertz CT molecular complexity index is 350. The van der Waals surface area contributed by atoms with Crippen LogP contribution < -0.4 is 5.56 Å². The van der Waals surface area contributed by atoms with Crippen molar-refractivity contribution >= 4 is 11.6 Å². The summed E-state index contributed by atoms with van der Waals surface area (Å²) in [7, 11) is 0. The van der Waals surface area contributed by atoms with E-state index in [4.69, 9.17) is 16.9 Å². The van der Waals surface area contributed by atoms with Gasteiger partial charge in [0.2, 0.25) is 0 Å². The second kappa shape index (κ2) is 3.22. The Morgan fingerprint density at radius 3 is 3.09 bits per heavy atom. The minimum absolute atomic E-state index is 0.0931. The van der Waals surface area contributed by atoms with Crippen molar-refractivity contribution in [2.45, 2.75) is 6.42 Å². The van der Waals surface area contributed by atoms with E-state index in [1.165, 1.54) is 12.3 Å². The average molecular weight is 169 g/mol. The van der Waals surface area contributed by atoms with Crippen molar-refractivity contribution < 1.29 is 0 Å². The summed E-state index contributed by atoms with van der Waals surface area (Å²) in [6.07, 6.45) is 1.49. The van der Waals surface area contributed by atoms with E-state index < -0.39 is 0 Å². The lowest BCUT2D eigenvalue weighted by atomic mass is 10.2. The molecule has 0 radical (unpaired) electrons. The molecule has 0 aromatic carbocycles. The van der Waals surface area contributed by atoms with E-state index in [1.807, 2.05) is 6.07 Å². The summed E-state index contributed by atoms with van der Waals surface area (Å²) in [5, 5.41) is 8.73. The van der Waals surface area contributed by atoms with Gasteiger partial charge in [-0.15, -0.1) is 0 Å². The van der Waals surface area contributed by atoms with Crippen LogP contribution in [0.5, 0.6) is 0 Å². The van der Waals surface area contributed by atoms with Gasteiger partial charge in [0.1, 0.15) is 0 Å². The van der Waals surface area contributed by atoms with E-state index in [0.29, 0.717) is 10.6 Å². The molecule has 0 fully saturated rings. The molecule has 0 bridgehead atoms. The monoisotopic (exact) mass is 168 g/mol. The van der Waals surface area contributed by atoms with Gasteiger partial charge in [0, 0.05) is 11.8 Å². The molecule has 56 valence electrons. The van der Waals surface area contributed by atoms with Crippen LogP contribution in [0.4, 0.5) is 0 Å². The summed E-state index contributed by atoms with van der Waals surface area (Å²) in [6.45, 7) is 0. The molecule has 1 heterocycles. The van der Waals surface area contributed by atoms with Crippen molar-refractivity contribution in [1.29, 1.82) is 5.26 Å². The maximum atomic E-state index is 10.9.